The van der Waals surface area contributed by atoms with Gasteiger partial charge in [0.15, 0.2) is 5.58 Å². The Hall–Kier alpha value is -2.88. The van der Waals surface area contributed by atoms with Gasteiger partial charge in [0.2, 0.25) is 5.89 Å². The van der Waals surface area contributed by atoms with Gasteiger partial charge in [-0.25, -0.2) is 9.67 Å². The molecule has 0 spiro atoms. The second kappa shape index (κ2) is 5.96. The van der Waals surface area contributed by atoms with Gasteiger partial charge in [-0.2, -0.15) is 5.10 Å². The zero-order chi connectivity index (χ0) is 16.5. The molecule has 1 unspecified atom stereocenters. The van der Waals surface area contributed by atoms with E-state index < -0.39 is 0 Å². The molecule has 0 saturated heterocycles. The number of fused-ring (bicyclic) bond motifs is 1. The summed E-state index contributed by atoms with van der Waals surface area (Å²) in [7, 11) is 0. The normalized spacial score (nSPS) is 12.6. The number of benzene rings is 2. The molecule has 4 nitrogen and oxygen atoms in total. The first-order valence-corrected chi connectivity index (χ1v) is 8.26. The van der Waals surface area contributed by atoms with Crippen molar-refractivity contribution in [1.82, 2.24) is 14.8 Å². The van der Waals surface area contributed by atoms with Crippen LogP contribution in [0.4, 0.5) is 0 Å². The first-order valence-electron chi connectivity index (χ1n) is 8.26. The molecule has 1 atom stereocenters. The predicted octanol–water partition coefficient (Wildman–Crippen LogP) is 5.19. The minimum absolute atomic E-state index is 0.484. The lowest BCUT2D eigenvalue weighted by atomic mass is 9.97. The standard InChI is InChI=1S/C20H19N3O/c1-3-14(2)16-8-4-6-10-18(16)23-13-15(12-21-23)20-22-17-9-5-7-11-19(17)24-20/h4-14H,3H2,1-2H3. The highest BCUT2D eigenvalue weighted by molar-refractivity contribution is 5.75. The zero-order valence-corrected chi connectivity index (χ0v) is 13.8. The van der Waals surface area contributed by atoms with Crippen LogP contribution in [-0.2, 0) is 0 Å². The van der Waals surface area contributed by atoms with Crippen LogP contribution in [0.2, 0.25) is 0 Å². The Kier molecular flexibility index (Phi) is 3.65. The fourth-order valence-corrected chi connectivity index (χ4v) is 2.89. The Labute approximate surface area is 140 Å². The average Bonchev–Trinajstić information content (AvgIpc) is 3.27. The minimum Gasteiger partial charge on any atom is -0.436 e. The monoisotopic (exact) mass is 317 g/mol. The quantitative estimate of drug-likeness (QED) is 0.520. The maximum Gasteiger partial charge on any atom is 0.230 e. The van der Waals surface area contributed by atoms with Gasteiger partial charge in [-0.05, 0) is 36.1 Å². The van der Waals surface area contributed by atoms with Crippen LogP contribution in [0.5, 0.6) is 0 Å². The van der Waals surface area contributed by atoms with Crippen LogP contribution in [-0.4, -0.2) is 14.8 Å². The molecule has 0 bridgehead atoms. The minimum atomic E-state index is 0.484. The molecule has 2 aromatic heterocycles. The van der Waals surface area contributed by atoms with E-state index in [9.17, 15) is 0 Å². The molecule has 2 aromatic carbocycles. The maximum absolute atomic E-state index is 5.84. The van der Waals surface area contributed by atoms with Crippen molar-refractivity contribution in [3.05, 3.63) is 66.5 Å². The number of hydrogen-bond acceptors (Lipinski definition) is 3. The molecule has 0 amide bonds. The Bertz CT molecular complexity index is 950. The van der Waals surface area contributed by atoms with E-state index in [0.717, 1.165) is 28.8 Å². The molecule has 0 fully saturated rings. The molecular weight excluding hydrogens is 298 g/mol. The summed E-state index contributed by atoms with van der Waals surface area (Å²) in [6.45, 7) is 4.44. The lowest BCUT2D eigenvalue weighted by Gasteiger charge is -2.14. The van der Waals surface area contributed by atoms with Crippen LogP contribution >= 0.6 is 0 Å². The van der Waals surface area contributed by atoms with Crippen LogP contribution in [0.15, 0.2) is 65.3 Å². The topological polar surface area (TPSA) is 43.9 Å². The van der Waals surface area contributed by atoms with E-state index in [1.807, 2.05) is 41.2 Å². The van der Waals surface area contributed by atoms with E-state index >= 15 is 0 Å². The van der Waals surface area contributed by atoms with E-state index in [-0.39, 0.29) is 0 Å². The van der Waals surface area contributed by atoms with Crippen molar-refractivity contribution in [2.24, 2.45) is 0 Å². The number of aromatic nitrogens is 3. The predicted molar refractivity (Wildman–Crippen MR) is 95.3 cm³/mol. The fraction of sp³-hybridized carbons (Fsp3) is 0.200. The van der Waals surface area contributed by atoms with Crippen LogP contribution in [0.1, 0.15) is 31.7 Å². The SMILES string of the molecule is CCC(C)c1ccccc1-n1cc(-c2nc3ccccc3o2)cn1. The molecule has 0 aliphatic heterocycles. The van der Waals surface area contributed by atoms with Crippen LogP contribution in [0.3, 0.4) is 0 Å². The van der Waals surface area contributed by atoms with Gasteiger partial charge < -0.3 is 4.42 Å². The Morgan fingerprint density at radius 1 is 1.08 bits per heavy atom. The van der Waals surface area contributed by atoms with E-state index in [4.69, 9.17) is 4.42 Å². The third kappa shape index (κ3) is 2.50. The summed E-state index contributed by atoms with van der Waals surface area (Å²) in [5.74, 6) is 1.08. The van der Waals surface area contributed by atoms with Crippen molar-refractivity contribution in [3.63, 3.8) is 0 Å². The Balaban J connectivity index is 1.75. The first kappa shape index (κ1) is 14.7. The molecule has 4 heteroatoms. The summed E-state index contributed by atoms with van der Waals surface area (Å²) in [6.07, 6.45) is 4.88. The molecule has 0 aliphatic rings. The Morgan fingerprint density at radius 2 is 1.88 bits per heavy atom. The van der Waals surface area contributed by atoms with E-state index in [0.29, 0.717) is 11.8 Å². The number of oxazole rings is 1. The van der Waals surface area contributed by atoms with Gasteiger partial charge in [0.1, 0.15) is 5.52 Å². The van der Waals surface area contributed by atoms with E-state index in [1.54, 1.807) is 6.20 Å². The number of nitrogens with zero attached hydrogens (tertiary/aromatic N) is 3. The fourth-order valence-electron chi connectivity index (χ4n) is 2.89. The zero-order valence-electron chi connectivity index (χ0n) is 13.8. The van der Waals surface area contributed by atoms with Gasteiger partial charge in [0.05, 0.1) is 17.4 Å². The third-order valence-corrected chi connectivity index (χ3v) is 4.45. The largest absolute Gasteiger partial charge is 0.436 e. The van der Waals surface area contributed by atoms with E-state index in [1.165, 1.54) is 5.56 Å². The van der Waals surface area contributed by atoms with Crippen LogP contribution < -0.4 is 0 Å². The summed E-state index contributed by atoms with van der Waals surface area (Å²) in [5, 5.41) is 4.53. The summed E-state index contributed by atoms with van der Waals surface area (Å²) in [5.41, 5.74) is 4.94. The summed E-state index contributed by atoms with van der Waals surface area (Å²) >= 11 is 0. The summed E-state index contributed by atoms with van der Waals surface area (Å²) in [6, 6.07) is 16.2. The first-order chi connectivity index (χ1) is 11.8. The molecule has 24 heavy (non-hydrogen) atoms. The van der Waals surface area contributed by atoms with Gasteiger partial charge in [0.25, 0.3) is 0 Å². The van der Waals surface area contributed by atoms with Gasteiger partial charge in [0, 0.05) is 6.20 Å². The highest BCUT2D eigenvalue weighted by Crippen LogP contribution is 2.28. The third-order valence-electron chi connectivity index (χ3n) is 4.45. The highest BCUT2D eigenvalue weighted by Gasteiger charge is 2.14. The molecule has 0 N–H and O–H groups in total. The van der Waals surface area contributed by atoms with Gasteiger partial charge in [-0.3, -0.25) is 0 Å². The molecule has 2 heterocycles. The lowest BCUT2D eigenvalue weighted by molar-refractivity contribution is 0.620. The van der Waals surface area contributed by atoms with Gasteiger partial charge in [-0.1, -0.05) is 44.2 Å². The second-order valence-electron chi connectivity index (χ2n) is 6.03. The molecule has 120 valence electrons. The molecule has 0 aliphatic carbocycles. The van der Waals surface area contributed by atoms with Crippen LogP contribution in [0, 0.1) is 0 Å². The van der Waals surface area contributed by atoms with Crippen LogP contribution in [0.25, 0.3) is 28.2 Å². The van der Waals surface area contributed by atoms with Crippen molar-refractivity contribution >= 4 is 11.1 Å². The smallest absolute Gasteiger partial charge is 0.230 e. The molecule has 4 aromatic rings. The summed E-state index contributed by atoms with van der Waals surface area (Å²) in [4.78, 5) is 4.54. The number of rotatable bonds is 4. The van der Waals surface area contributed by atoms with Crippen molar-refractivity contribution in [1.29, 1.82) is 0 Å². The van der Waals surface area contributed by atoms with Gasteiger partial charge in [-0.15, -0.1) is 0 Å². The molecule has 0 saturated carbocycles. The van der Waals surface area contributed by atoms with Crippen molar-refractivity contribution in [2.45, 2.75) is 26.2 Å². The van der Waals surface area contributed by atoms with Gasteiger partial charge >= 0.3 is 0 Å². The Morgan fingerprint density at radius 3 is 2.71 bits per heavy atom. The molecular formula is C20H19N3O. The summed E-state index contributed by atoms with van der Waals surface area (Å²) < 4.78 is 7.75. The van der Waals surface area contributed by atoms with Crippen molar-refractivity contribution in [2.75, 3.05) is 0 Å². The van der Waals surface area contributed by atoms with E-state index in [2.05, 4.69) is 42.1 Å². The molecule has 0 radical (unpaired) electrons. The highest BCUT2D eigenvalue weighted by atomic mass is 16.3. The maximum atomic E-state index is 5.84. The lowest BCUT2D eigenvalue weighted by Crippen LogP contribution is -2.02. The molecule has 4 rings (SSSR count). The van der Waals surface area contributed by atoms with Crippen molar-refractivity contribution < 1.29 is 4.42 Å². The average molecular weight is 317 g/mol. The number of hydrogen-bond donors (Lipinski definition) is 0. The number of para-hydroxylation sites is 3. The van der Waals surface area contributed by atoms with Crippen molar-refractivity contribution in [3.8, 4) is 17.1 Å². The second-order valence-corrected chi connectivity index (χ2v) is 6.03.